The van der Waals surface area contributed by atoms with Crippen LogP contribution in [-0.2, 0) is 4.74 Å². The van der Waals surface area contributed by atoms with Gasteiger partial charge in [0.15, 0.2) is 0 Å². The number of carbonyl (C=O) groups is 1. The Morgan fingerprint density at radius 1 is 1.19 bits per heavy atom. The van der Waals surface area contributed by atoms with E-state index in [4.69, 9.17) is 4.74 Å². The van der Waals surface area contributed by atoms with Gasteiger partial charge >= 0.3 is 5.97 Å². The number of benzene rings is 1. The van der Waals surface area contributed by atoms with Crippen molar-refractivity contribution in [2.45, 2.75) is 4.90 Å². The summed E-state index contributed by atoms with van der Waals surface area (Å²) in [6, 6.07) is 13.4. The first-order chi connectivity index (χ1) is 7.81. The molecule has 1 aromatic heterocycles. The number of esters is 1. The van der Waals surface area contributed by atoms with Crippen LogP contribution in [0.5, 0.6) is 0 Å². The van der Waals surface area contributed by atoms with Crippen LogP contribution in [0.15, 0.2) is 53.6 Å². The number of hydrogen-bond donors (Lipinski definition) is 0. The van der Waals surface area contributed by atoms with Crippen LogP contribution in [0.25, 0.3) is 0 Å². The Hall–Kier alpha value is -1.68. The van der Waals surface area contributed by atoms with Crippen LogP contribution in [0.4, 0.5) is 0 Å². The molecule has 2 rings (SSSR count). The number of methoxy groups -OCH3 is 1. The summed E-state index contributed by atoms with van der Waals surface area (Å²) in [6.45, 7) is 0. The molecule has 0 spiro atoms. The van der Waals surface area contributed by atoms with Gasteiger partial charge in [0.25, 0.3) is 0 Å². The van der Waals surface area contributed by atoms with Gasteiger partial charge in [0.1, 0.15) is 5.69 Å². The third kappa shape index (κ3) is 2.28. The number of ether oxygens (including phenoxy) is 1. The molecule has 0 atom stereocenters. The average Bonchev–Trinajstić information content (AvgIpc) is 2.77. The minimum atomic E-state index is -0.326. The van der Waals surface area contributed by atoms with E-state index in [0.29, 0.717) is 5.69 Å². The lowest BCUT2D eigenvalue weighted by molar-refractivity contribution is 0.0593. The smallest absolute Gasteiger partial charge is 0.355 e. The van der Waals surface area contributed by atoms with Gasteiger partial charge in [0, 0.05) is 11.1 Å². The van der Waals surface area contributed by atoms with E-state index in [0.717, 1.165) is 4.90 Å². The molecule has 0 bridgehead atoms. The largest absolute Gasteiger partial charge is 0.464 e. The first-order valence-electron chi connectivity index (χ1n) is 4.80. The summed E-state index contributed by atoms with van der Waals surface area (Å²) in [5, 5.41) is 0. The zero-order chi connectivity index (χ0) is 11.4. The predicted octanol–water partition coefficient (Wildman–Crippen LogP) is 2.83. The van der Waals surface area contributed by atoms with Gasteiger partial charge in [0.05, 0.1) is 7.11 Å². The fourth-order valence-electron chi connectivity index (χ4n) is 1.30. The Morgan fingerprint density at radius 2 is 1.94 bits per heavy atom. The molecular weight excluding hydrogens is 222 g/mol. The third-order valence-corrected chi connectivity index (χ3v) is 3.05. The minimum Gasteiger partial charge on any atom is -0.464 e. The van der Waals surface area contributed by atoms with Gasteiger partial charge in [-0.15, -0.1) is 0 Å². The van der Waals surface area contributed by atoms with E-state index in [1.54, 1.807) is 10.0 Å². The van der Waals surface area contributed by atoms with E-state index in [1.807, 2.05) is 42.6 Å². The summed E-state index contributed by atoms with van der Waals surface area (Å²) in [5.74, 6) is -0.326. The first kappa shape index (κ1) is 10.8. The molecule has 0 amide bonds. The summed E-state index contributed by atoms with van der Waals surface area (Å²) >= 11 is 1.48. The van der Waals surface area contributed by atoms with Crippen LogP contribution in [0.3, 0.4) is 0 Å². The van der Waals surface area contributed by atoms with E-state index in [9.17, 15) is 4.79 Å². The zero-order valence-electron chi connectivity index (χ0n) is 8.79. The molecule has 4 heteroatoms. The maximum Gasteiger partial charge on any atom is 0.355 e. The molecule has 82 valence electrons. The second-order valence-electron chi connectivity index (χ2n) is 3.12. The van der Waals surface area contributed by atoms with E-state index in [1.165, 1.54) is 19.1 Å². The van der Waals surface area contributed by atoms with Crippen LogP contribution >= 0.6 is 11.9 Å². The summed E-state index contributed by atoms with van der Waals surface area (Å²) in [6.07, 6.45) is 1.84. The number of hydrogen-bond acceptors (Lipinski definition) is 3. The second-order valence-corrected chi connectivity index (χ2v) is 4.16. The predicted molar refractivity (Wildman–Crippen MR) is 63.5 cm³/mol. The molecule has 16 heavy (non-hydrogen) atoms. The lowest BCUT2D eigenvalue weighted by Crippen LogP contribution is -2.05. The van der Waals surface area contributed by atoms with E-state index < -0.39 is 0 Å². The Balaban J connectivity index is 2.22. The standard InChI is InChI=1S/C12H11NO2S/c1-15-12(14)11-8-5-9-13(11)16-10-6-3-2-4-7-10/h2-9H,1H3. The van der Waals surface area contributed by atoms with E-state index in [2.05, 4.69) is 0 Å². The topological polar surface area (TPSA) is 31.2 Å². The van der Waals surface area contributed by atoms with Crippen molar-refractivity contribution < 1.29 is 9.53 Å². The SMILES string of the molecule is COC(=O)c1cccn1Sc1ccccc1. The highest BCUT2D eigenvalue weighted by Gasteiger charge is 2.11. The van der Waals surface area contributed by atoms with Crippen molar-refractivity contribution in [3.63, 3.8) is 0 Å². The summed E-state index contributed by atoms with van der Waals surface area (Å²) in [7, 11) is 1.38. The molecule has 0 radical (unpaired) electrons. The molecule has 1 heterocycles. The molecule has 0 unspecified atom stereocenters. The van der Waals surface area contributed by atoms with Gasteiger partial charge in [-0.25, -0.2) is 4.79 Å². The third-order valence-electron chi connectivity index (χ3n) is 2.05. The Kier molecular flexibility index (Phi) is 3.31. The summed E-state index contributed by atoms with van der Waals surface area (Å²) < 4.78 is 6.49. The van der Waals surface area contributed by atoms with Gasteiger partial charge in [0.2, 0.25) is 0 Å². The fraction of sp³-hybridized carbons (Fsp3) is 0.0833. The molecule has 2 aromatic rings. The molecule has 0 aliphatic heterocycles. The fourth-order valence-corrected chi connectivity index (χ4v) is 2.17. The van der Waals surface area contributed by atoms with Gasteiger partial charge in [-0.1, -0.05) is 18.2 Å². The molecule has 0 saturated carbocycles. The van der Waals surface area contributed by atoms with Crippen molar-refractivity contribution in [3.8, 4) is 0 Å². The molecule has 0 fully saturated rings. The molecule has 3 nitrogen and oxygen atoms in total. The lowest BCUT2D eigenvalue weighted by atomic mass is 10.4. The van der Waals surface area contributed by atoms with E-state index in [-0.39, 0.29) is 5.97 Å². The van der Waals surface area contributed by atoms with Crippen LogP contribution in [0.1, 0.15) is 10.5 Å². The highest BCUT2D eigenvalue weighted by Crippen LogP contribution is 2.22. The van der Waals surface area contributed by atoms with Crippen molar-refractivity contribution in [2.75, 3.05) is 7.11 Å². The Morgan fingerprint density at radius 3 is 2.62 bits per heavy atom. The number of nitrogens with zero attached hydrogens (tertiary/aromatic N) is 1. The minimum absolute atomic E-state index is 0.326. The van der Waals surface area contributed by atoms with Gasteiger partial charge < -0.3 is 4.74 Å². The monoisotopic (exact) mass is 233 g/mol. The Labute approximate surface area is 98.2 Å². The van der Waals surface area contributed by atoms with Crippen molar-refractivity contribution in [3.05, 3.63) is 54.4 Å². The summed E-state index contributed by atoms with van der Waals surface area (Å²) in [4.78, 5) is 12.5. The normalized spacial score (nSPS) is 10.1. The molecular formula is C12H11NO2S. The van der Waals surface area contributed by atoms with Crippen molar-refractivity contribution in [1.29, 1.82) is 0 Å². The quantitative estimate of drug-likeness (QED) is 0.764. The van der Waals surface area contributed by atoms with Gasteiger partial charge in [-0.3, -0.25) is 3.97 Å². The molecule has 1 aromatic carbocycles. The molecule has 0 N–H and O–H groups in total. The Bertz CT molecular complexity index is 479. The van der Waals surface area contributed by atoms with Crippen LogP contribution in [0.2, 0.25) is 0 Å². The molecule has 0 saturated heterocycles. The highest BCUT2D eigenvalue weighted by molar-refractivity contribution is 7.97. The van der Waals surface area contributed by atoms with Crippen LogP contribution in [-0.4, -0.2) is 17.1 Å². The van der Waals surface area contributed by atoms with Crippen LogP contribution < -0.4 is 0 Å². The maximum absolute atomic E-state index is 11.4. The zero-order valence-corrected chi connectivity index (χ0v) is 9.61. The molecule has 0 aliphatic rings. The number of aromatic nitrogens is 1. The number of carbonyl (C=O) groups excluding carboxylic acids is 1. The van der Waals surface area contributed by atoms with Gasteiger partial charge in [-0.2, -0.15) is 0 Å². The summed E-state index contributed by atoms with van der Waals surface area (Å²) in [5.41, 5.74) is 0.538. The first-order valence-corrected chi connectivity index (χ1v) is 5.57. The van der Waals surface area contributed by atoms with Crippen molar-refractivity contribution >= 4 is 17.9 Å². The van der Waals surface area contributed by atoms with Gasteiger partial charge in [-0.05, 0) is 36.2 Å². The maximum atomic E-state index is 11.4. The van der Waals surface area contributed by atoms with E-state index >= 15 is 0 Å². The second kappa shape index (κ2) is 4.90. The average molecular weight is 233 g/mol. The number of rotatable bonds is 3. The molecule has 0 aliphatic carbocycles. The highest BCUT2D eigenvalue weighted by atomic mass is 32.2. The van der Waals surface area contributed by atoms with Crippen molar-refractivity contribution in [2.24, 2.45) is 0 Å². The van der Waals surface area contributed by atoms with Crippen LogP contribution in [0, 0.1) is 0 Å². The lowest BCUT2D eigenvalue weighted by Gasteiger charge is -2.06. The van der Waals surface area contributed by atoms with Crippen molar-refractivity contribution in [1.82, 2.24) is 3.97 Å².